The van der Waals surface area contributed by atoms with Gasteiger partial charge in [0.2, 0.25) is 0 Å². The van der Waals surface area contributed by atoms with Crippen LogP contribution in [0.1, 0.15) is 68.9 Å². The van der Waals surface area contributed by atoms with Crippen LogP contribution in [0.4, 0.5) is 0 Å². The van der Waals surface area contributed by atoms with Crippen LogP contribution >= 0.6 is 0 Å². The van der Waals surface area contributed by atoms with Crippen molar-refractivity contribution in [2.75, 3.05) is 0 Å². The predicted octanol–water partition coefficient (Wildman–Crippen LogP) is 6.20. The smallest absolute Gasteiger partial charge is 0.115 e. The average molecular weight is 338 g/mol. The van der Waals surface area contributed by atoms with E-state index in [0.717, 1.165) is 5.92 Å². The van der Waals surface area contributed by atoms with Gasteiger partial charge in [-0.2, -0.15) is 0 Å². The monoisotopic (exact) mass is 338 g/mol. The van der Waals surface area contributed by atoms with Gasteiger partial charge in [0.05, 0.1) is 0 Å². The SMILES string of the molecule is CC(C)CC(c1ccc(O)cc1)C1CCC(c2ccc(O)cc2)CC1. The van der Waals surface area contributed by atoms with Gasteiger partial charge in [-0.3, -0.25) is 0 Å². The van der Waals surface area contributed by atoms with Crippen molar-refractivity contribution in [1.82, 2.24) is 0 Å². The summed E-state index contributed by atoms with van der Waals surface area (Å²) in [6.45, 7) is 4.60. The van der Waals surface area contributed by atoms with Gasteiger partial charge in [0.1, 0.15) is 11.5 Å². The summed E-state index contributed by atoms with van der Waals surface area (Å²) < 4.78 is 0. The Bertz CT molecular complexity index is 649. The van der Waals surface area contributed by atoms with Gasteiger partial charge < -0.3 is 10.2 Å². The molecule has 2 heteroatoms. The molecule has 2 aromatic carbocycles. The Balaban J connectivity index is 1.69. The van der Waals surface area contributed by atoms with Crippen molar-refractivity contribution in [1.29, 1.82) is 0 Å². The summed E-state index contributed by atoms with van der Waals surface area (Å²) >= 11 is 0. The molecule has 0 amide bonds. The van der Waals surface area contributed by atoms with Crippen molar-refractivity contribution in [3.8, 4) is 11.5 Å². The third-order valence-electron chi connectivity index (χ3n) is 5.75. The van der Waals surface area contributed by atoms with Crippen LogP contribution in [0.2, 0.25) is 0 Å². The molecule has 1 aliphatic carbocycles. The Morgan fingerprint density at radius 2 is 1.32 bits per heavy atom. The highest BCUT2D eigenvalue weighted by Crippen LogP contribution is 2.44. The minimum atomic E-state index is 0.349. The van der Waals surface area contributed by atoms with E-state index in [1.807, 2.05) is 12.1 Å². The first-order valence-corrected chi connectivity index (χ1v) is 9.60. The Morgan fingerprint density at radius 3 is 1.84 bits per heavy atom. The van der Waals surface area contributed by atoms with E-state index in [9.17, 15) is 10.2 Å². The maximum Gasteiger partial charge on any atom is 0.115 e. The van der Waals surface area contributed by atoms with Crippen LogP contribution in [-0.2, 0) is 0 Å². The number of phenolic OH excluding ortho intramolecular Hbond substituents is 2. The summed E-state index contributed by atoms with van der Waals surface area (Å²) in [6.07, 6.45) is 6.16. The molecule has 2 nitrogen and oxygen atoms in total. The van der Waals surface area contributed by atoms with Crippen molar-refractivity contribution in [2.45, 2.75) is 57.8 Å². The first-order chi connectivity index (χ1) is 12.0. The quantitative estimate of drug-likeness (QED) is 0.681. The summed E-state index contributed by atoms with van der Waals surface area (Å²) in [4.78, 5) is 0. The van der Waals surface area contributed by atoms with Gasteiger partial charge in [-0.05, 0) is 91.2 Å². The topological polar surface area (TPSA) is 40.5 Å². The maximum atomic E-state index is 9.59. The summed E-state index contributed by atoms with van der Waals surface area (Å²) in [5, 5.41) is 19.1. The molecule has 1 atom stereocenters. The Labute approximate surface area is 151 Å². The fraction of sp³-hybridized carbons (Fsp3) is 0.478. The number of rotatable bonds is 5. The van der Waals surface area contributed by atoms with E-state index in [0.29, 0.717) is 29.3 Å². The summed E-state index contributed by atoms with van der Waals surface area (Å²) in [6, 6.07) is 15.6. The molecule has 134 valence electrons. The number of hydrogen-bond donors (Lipinski definition) is 2. The number of benzene rings is 2. The molecule has 0 saturated heterocycles. The molecule has 3 rings (SSSR count). The zero-order valence-corrected chi connectivity index (χ0v) is 15.4. The fourth-order valence-corrected chi connectivity index (χ4v) is 4.43. The Kier molecular flexibility index (Phi) is 5.67. The van der Waals surface area contributed by atoms with Crippen LogP contribution in [0.15, 0.2) is 48.5 Å². The van der Waals surface area contributed by atoms with Gasteiger partial charge in [0.25, 0.3) is 0 Å². The van der Waals surface area contributed by atoms with Gasteiger partial charge in [-0.25, -0.2) is 0 Å². The molecular weight excluding hydrogens is 308 g/mol. The molecule has 1 unspecified atom stereocenters. The number of hydrogen-bond acceptors (Lipinski definition) is 2. The number of phenols is 2. The second-order valence-corrected chi connectivity index (χ2v) is 8.03. The molecule has 2 aromatic rings. The van der Waals surface area contributed by atoms with E-state index in [-0.39, 0.29) is 0 Å². The zero-order chi connectivity index (χ0) is 17.8. The average Bonchev–Trinajstić information content (AvgIpc) is 2.61. The van der Waals surface area contributed by atoms with Crippen molar-refractivity contribution in [3.63, 3.8) is 0 Å². The highest BCUT2D eigenvalue weighted by Gasteiger charge is 2.29. The van der Waals surface area contributed by atoms with Crippen LogP contribution in [0, 0.1) is 11.8 Å². The summed E-state index contributed by atoms with van der Waals surface area (Å²) in [5.74, 6) is 3.30. The van der Waals surface area contributed by atoms with Crippen molar-refractivity contribution < 1.29 is 10.2 Å². The summed E-state index contributed by atoms with van der Waals surface area (Å²) in [7, 11) is 0. The fourth-order valence-electron chi connectivity index (χ4n) is 4.43. The minimum Gasteiger partial charge on any atom is -0.508 e. The van der Waals surface area contributed by atoms with E-state index >= 15 is 0 Å². The molecule has 0 heterocycles. The molecule has 1 fully saturated rings. The highest BCUT2D eigenvalue weighted by molar-refractivity contribution is 5.30. The second kappa shape index (κ2) is 7.95. The third-order valence-corrected chi connectivity index (χ3v) is 5.75. The van der Waals surface area contributed by atoms with Crippen LogP contribution in [0.5, 0.6) is 11.5 Å². The zero-order valence-electron chi connectivity index (χ0n) is 15.4. The lowest BCUT2D eigenvalue weighted by Gasteiger charge is -2.35. The van der Waals surface area contributed by atoms with Gasteiger partial charge >= 0.3 is 0 Å². The van der Waals surface area contributed by atoms with Crippen LogP contribution in [0.25, 0.3) is 0 Å². The molecule has 0 spiro atoms. The Morgan fingerprint density at radius 1 is 0.800 bits per heavy atom. The molecule has 0 aliphatic heterocycles. The maximum absolute atomic E-state index is 9.59. The van der Waals surface area contributed by atoms with Gasteiger partial charge in [-0.15, -0.1) is 0 Å². The molecule has 0 radical (unpaired) electrons. The van der Waals surface area contributed by atoms with Crippen molar-refractivity contribution >= 4 is 0 Å². The van der Waals surface area contributed by atoms with Gasteiger partial charge in [0, 0.05) is 0 Å². The van der Waals surface area contributed by atoms with Crippen LogP contribution in [-0.4, -0.2) is 10.2 Å². The van der Waals surface area contributed by atoms with E-state index in [4.69, 9.17) is 0 Å². The third kappa shape index (κ3) is 4.56. The van der Waals surface area contributed by atoms with Crippen LogP contribution in [0.3, 0.4) is 0 Å². The number of aromatic hydroxyl groups is 2. The molecule has 1 aliphatic rings. The normalized spacial score (nSPS) is 22.0. The standard InChI is InChI=1S/C23H30O2/c1-16(2)15-23(20-9-13-22(25)14-10-20)19-5-3-17(4-6-19)18-7-11-21(24)12-8-18/h7-14,16-17,19,23-25H,3-6,15H2,1-2H3. The van der Waals surface area contributed by atoms with Crippen LogP contribution < -0.4 is 0 Å². The molecule has 2 N–H and O–H groups in total. The predicted molar refractivity (Wildman–Crippen MR) is 103 cm³/mol. The molecule has 1 saturated carbocycles. The molecule has 25 heavy (non-hydrogen) atoms. The molecular formula is C23H30O2. The highest BCUT2D eigenvalue weighted by atomic mass is 16.3. The van der Waals surface area contributed by atoms with E-state index in [2.05, 4.69) is 38.1 Å². The van der Waals surface area contributed by atoms with Crippen molar-refractivity contribution in [3.05, 3.63) is 59.7 Å². The first-order valence-electron chi connectivity index (χ1n) is 9.60. The van der Waals surface area contributed by atoms with Crippen molar-refractivity contribution in [2.24, 2.45) is 11.8 Å². The molecule has 0 aromatic heterocycles. The van der Waals surface area contributed by atoms with E-state index in [1.165, 1.54) is 43.2 Å². The van der Waals surface area contributed by atoms with Gasteiger partial charge in [0.15, 0.2) is 0 Å². The minimum absolute atomic E-state index is 0.349. The van der Waals surface area contributed by atoms with Gasteiger partial charge in [-0.1, -0.05) is 38.1 Å². The summed E-state index contributed by atoms with van der Waals surface area (Å²) in [5.41, 5.74) is 2.74. The first kappa shape index (κ1) is 17.8. The Hall–Kier alpha value is -1.96. The lowest BCUT2D eigenvalue weighted by atomic mass is 9.70. The van der Waals surface area contributed by atoms with E-state index in [1.54, 1.807) is 12.1 Å². The van der Waals surface area contributed by atoms with E-state index < -0.39 is 0 Å². The second-order valence-electron chi connectivity index (χ2n) is 8.03. The lowest BCUT2D eigenvalue weighted by molar-refractivity contribution is 0.258. The lowest BCUT2D eigenvalue weighted by Crippen LogP contribution is -2.21. The largest absolute Gasteiger partial charge is 0.508 e. The molecule has 0 bridgehead atoms.